The first kappa shape index (κ1) is 11.0. The maximum Gasteiger partial charge on any atom is 0.292 e. The van der Waals surface area contributed by atoms with Crippen LogP contribution in [0.25, 0.3) is 0 Å². The largest absolute Gasteiger partial charge is 0.347 e. The van der Waals surface area contributed by atoms with Gasteiger partial charge in [-0.2, -0.15) is 0 Å². The van der Waals surface area contributed by atoms with E-state index in [1.54, 1.807) is 31.3 Å². The van der Waals surface area contributed by atoms with Crippen molar-refractivity contribution in [2.45, 2.75) is 6.92 Å². The number of para-hydroxylation sites is 2. The molecule has 0 fully saturated rings. The van der Waals surface area contributed by atoms with Crippen LogP contribution in [0, 0.1) is 17.0 Å². The van der Waals surface area contributed by atoms with Gasteiger partial charge in [0.05, 0.1) is 22.5 Å². The van der Waals surface area contributed by atoms with E-state index in [1.807, 2.05) is 0 Å². The minimum absolute atomic E-state index is 0.0238. The van der Waals surface area contributed by atoms with Gasteiger partial charge in [-0.15, -0.1) is 0 Å². The Kier molecular flexibility index (Phi) is 2.95. The average Bonchev–Trinajstić information content (AvgIpc) is 2.32. The molecule has 0 saturated carbocycles. The highest BCUT2D eigenvalue weighted by molar-refractivity contribution is 5.69. The number of benzene rings is 1. The van der Waals surface area contributed by atoms with Crippen molar-refractivity contribution in [1.82, 2.24) is 9.97 Å². The first-order valence-electron chi connectivity index (χ1n) is 4.95. The Morgan fingerprint density at radius 2 is 2.06 bits per heavy atom. The molecular formula is C11H10N4O2. The van der Waals surface area contributed by atoms with Crippen molar-refractivity contribution in [3.05, 3.63) is 52.6 Å². The maximum absolute atomic E-state index is 10.8. The van der Waals surface area contributed by atoms with Crippen LogP contribution in [0.2, 0.25) is 0 Å². The summed E-state index contributed by atoms with van der Waals surface area (Å²) in [6.07, 6.45) is 3.01. The van der Waals surface area contributed by atoms with Crippen molar-refractivity contribution in [3.63, 3.8) is 0 Å². The lowest BCUT2D eigenvalue weighted by Crippen LogP contribution is -1.99. The number of nitro groups is 1. The number of nitrogens with one attached hydrogen (secondary N) is 1. The monoisotopic (exact) mass is 230 g/mol. The normalized spacial score (nSPS) is 9.94. The minimum Gasteiger partial charge on any atom is -0.347 e. The first-order chi connectivity index (χ1) is 8.18. The Balaban J connectivity index is 2.37. The molecule has 2 rings (SSSR count). The van der Waals surface area contributed by atoms with Gasteiger partial charge in [-0.1, -0.05) is 12.1 Å². The predicted molar refractivity (Wildman–Crippen MR) is 63.1 cm³/mol. The van der Waals surface area contributed by atoms with Gasteiger partial charge in [0.15, 0.2) is 0 Å². The van der Waals surface area contributed by atoms with Crippen molar-refractivity contribution in [2.75, 3.05) is 5.32 Å². The lowest BCUT2D eigenvalue weighted by atomic mass is 10.2. The third kappa shape index (κ3) is 2.36. The molecule has 6 nitrogen and oxygen atoms in total. The zero-order valence-corrected chi connectivity index (χ0v) is 9.12. The fourth-order valence-electron chi connectivity index (χ4n) is 1.40. The summed E-state index contributed by atoms with van der Waals surface area (Å²) in [7, 11) is 0. The van der Waals surface area contributed by atoms with E-state index >= 15 is 0 Å². The second-order valence-corrected chi connectivity index (χ2v) is 3.42. The molecule has 0 amide bonds. The number of rotatable bonds is 3. The minimum atomic E-state index is -0.429. The van der Waals surface area contributed by atoms with Gasteiger partial charge in [0.2, 0.25) is 0 Å². The van der Waals surface area contributed by atoms with Gasteiger partial charge in [0, 0.05) is 6.07 Å². The molecule has 17 heavy (non-hydrogen) atoms. The Labute approximate surface area is 97.5 Å². The van der Waals surface area contributed by atoms with Gasteiger partial charge in [-0.3, -0.25) is 10.1 Å². The maximum atomic E-state index is 10.8. The van der Waals surface area contributed by atoms with E-state index in [2.05, 4.69) is 15.3 Å². The van der Waals surface area contributed by atoms with Crippen LogP contribution in [0.15, 0.2) is 36.8 Å². The zero-order chi connectivity index (χ0) is 12.3. The van der Waals surface area contributed by atoms with Crippen LogP contribution in [0.3, 0.4) is 0 Å². The van der Waals surface area contributed by atoms with Crippen molar-refractivity contribution < 1.29 is 4.92 Å². The number of hydrogen-bond donors (Lipinski definition) is 1. The molecule has 6 heteroatoms. The number of nitro benzene ring substituents is 1. The van der Waals surface area contributed by atoms with E-state index in [4.69, 9.17) is 0 Å². The van der Waals surface area contributed by atoms with E-state index in [0.717, 1.165) is 5.69 Å². The van der Waals surface area contributed by atoms with Gasteiger partial charge in [-0.05, 0) is 13.0 Å². The smallest absolute Gasteiger partial charge is 0.292 e. The number of hydrogen-bond acceptors (Lipinski definition) is 5. The highest BCUT2D eigenvalue weighted by Gasteiger charge is 2.13. The molecule has 0 aliphatic heterocycles. The molecule has 2 aromatic rings. The fourth-order valence-corrected chi connectivity index (χ4v) is 1.40. The molecule has 0 saturated heterocycles. The second kappa shape index (κ2) is 4.56. The highest BCUT2D eigenvalue weighted by Crippen LogP contribution is 2.27. The number of aromatic nitrogens is 2. The first-order valence-corrected chi connectivity index (χ1v) is 4.95. The van der Waals surface area contributed by atoms with E-state index < -0.39 is 4.92 Å². The number of aryl methyl sites for hydroxylation is 1. The van der Waals surface area contributed by atoms with Gasteiger partial charge in [0.25, 0.3) is 5.69 Å². The molecule has 86 valence electrons. The zero-order valence-electron chi connectivity index (χ0n) is 9.12. The molecule has 1 heterocycles. The predicted octanol–water partition coefficient (Wildman–Crippen LogP) is 2.44. The van der Waals surface area contributed by atoms with E-state index in [0.29, 0.717) is 11.4 Å². The molecule has 0 radical (unpaired) electrons. The summed E-state index contributed by atoms with van der Waals surface area (Å²) < 4.78 is 0. The molecule has 0 aliphatic rings. The quantitative estimate of drug-likeness (QED) is 0.646. The van der Waals surface area contributed by atoms with E-state index in [9.17, 15) is 10.1 Å². The van der Waals surface area contributed by atoms with Crippen LogP contribution in [0.5, 0.6) is 0 Å². The molecule has 0 spiro atoms. The molecule has 1 aromatic heterocycles. The summed E-state index contributed by atoms with van der Waals surface area (Å²) in [6, 6.07) is 6.44. The van der Waals surface area contributed by atoms with Crippen LogP contribution in [-0.2, 0) is 0 Å². The summed E-state index contributed by atoms with van der Waals surface area (Å²) in [5.41, 5.74) is 1.84. The SMILES string of the molecule is Cc1ncncc1Nc1ccccc1[N+](=O)[O-]. The van der Waals surface area contributed by atoms with Gasteiger partial charge >= 0.3 is 0 Å². The molecule has 0 bridgehead atoms. The Bertz CT molecular complexity index is 557. The molecule has 1 N–H and O–H groups in total. The van der Waals surface area contributed by atoms with E-state index in [1.165, 1.54) is 12.4 Å². The van der Waals surface area contributed by atoms with Gasteiger partial charge in [0.1, 0.15) is 12.0 Å². The summed E-state index contributed by atoms with van der Waals surface area (Å²) in [5, 5.41) is 13.8. The molecule has 0 aliphatic carbocycles. The Morgan fingerprint density at radius 3 is 2.76 bits per heavy atom. The second-order valence-electron chi connectivity index (χ2n) is 3.42. The third-order valence-electron chi connectivity index (χ3n) is 2.28. The van der Waals surface area contributed by atoms with Crippen LogP contribution in [0.4, 0.5) is 17.1 Å². The van der Waals surface area contributed by atoms with Crippen LogP contribution in [0.1, 0.15) is 5.69 Å². The van der Waals surface area contributed by atoms with Crippen molar-refractivity contribution >= 4 is 17.1 Å². The highest BCUT2D eigenvalue weighted by atomic mass is 16.6. The van der Waals surface area contributed by atoms with Gasteiger partial charge < -0.3 is 5.32 Å². The van der Waals surface area contributed by atoms with Crippen molar-refractivity contribution in [2.24, 2.45) is 0 Å². The van der Waals surface area contributed by atoms with Crippen LogP contribution in [-0.4, -0.2) is 14.9 Å². The lowest BCUT2D eigenvalue weighted by Gasteiger charge is -2.07. The van der Waals surface area contributed by atoms with E-state index in [-0.39, 0.29) is 5.69 Å². The van der Waals surface area contributed by atoms with Crippen molar-refractivity contribution in [1.29, 1.82) is 0 Å². The average molecular weight is 230 g/mol. The fraction of sp³-hybridized carbons (Fsp3) is 0.0909. The Morgan fingerprint density at radius 1 is 1.29 bits per heavy atom. The Hall–Kier alpha value is -2.50. The third-order valence-corrected chi connectivity index (χ3v) is 2.28. The molecular weight excluding hydrogens is 220 g/mol. The number of nitrogens with zero attached hydrogens (tertiary/aromatic N) is 3. The molecule has 0 unspecified atom stereocenters. The van der Waals surface area contributed by atoms with Crippen molar-refractivity contribution in [3.8, 4) is 0 Å². The molecule has 0 atom stereocenters. The van der Waals surface area contributed by atoms with Crippen LogP contribution < -0.4 is 5.32 Å². The topological polar surface area (TPSA) is 81.0 Å². The lowest BCUT2D eigenvalue weighted by molar-refractivity contribution is -0.383. The summed E-state index contributed by atoms with van der Waals surface area (Å²) in [5.74, 6) is 0. The van der Waals surface area contributed by atoms with Gasteiger partial charge in [-0.25, -0.2) is 9.97 Å². The standard InChI is InChI=1S/C11H10N4O2/c1-8-10(6-12-7-13-8)14-9-4-2-3-5-11(9)15(16)17/h2-7,14H,1H3. The molecule has 1 aromatic carbocycles. The summed E-state index contributed by atoms with van der Waals surface area (Å²) in [4.78, 5) is 18.3. The summed E-state index contributed by atoms with van der Waals surface area (Å²) >= 11 is 0. The van der Waals surface area contributed by atoms with Crippen LogP contribution >= 0.6 is 0 Å². The summed E-state index contributed by atoms with van der Waals surface area (Å²) in [6.45, 7) is 1.80. The number of anilines is 2.